The van der Waals surface area contributed by atoms with Gasteiger partial charge in [0.05, 0.1) is 13.2 Å². The SMILES string of the molecule is CCOC(=O)N1CCN(CCn2ccc(N)n2)CC1. The summed E-state index contributed by atoms with van der Waals surface area (Å²) in [7, 11) is 0. The zero-order valence-electron chi connectivity index (χ0n) is 11.3. The van der Waals surface area contributed by atoms with Crippen molar-refractivity contribution in [3.63, 3.8) is 0 Å². The molecule has 1 fully saturated rings. The second-order valence-electron chi connectivity index (χ2n) is 4.53. The molecule has 106 valence electrons. The van der Waals surface area contributed by atoms with E-state index in [-0.39, 0.29) is 6.09 Å². The van der Waals surface area contributed by atoms with Gasteiger partial charge < -0.3 is 15.4 Å². The number of carbonyl (C=O) groups excluding carboxylic acids is 1. The first-order valence-corrected chi connectivity index (χ1v) is 6.62. The third-order valence-electron chi connectivity index (χ3n) is 3.20. The van der Waals surface area contributed by atoms with Crippen LogP contribution in [-0.4, -0.2) is 65.0 Å². The Morgan fingerprint density at radius 2 is 2.11 bits per heavy atom. The van der Waals surface area contributed by atoms with E-state index in [0.717, 1.165) is 39.3 Å². The van der Waals surface area contributed by atoms with Gasteiger partial charge in [-0.3, -0.25) is 9.58 Å². The molecule has 0 spiro atoms. The molecule has 1 amide bonds. The van der Waals surface area contributed by atoms with Gasteiger partial charge in [-0.1, -0.05) is 0 Å². The number of nitrogens with two attached hydrogens (primary N) is 1. The number of nitrogen functional groups attached to an aromatic ring is 1. The minimum absolute atomic E-state index is 0.206. The van der Waals surface area contributed by atoms with Gasteiger partial charge in [0.2, 0.25) is 0 Å². The van der Waals surface area contributed by atoms with E-state index in [2.05, 4.69) is 10.00 Å². The molecule has 7 nitrogen and oxygen atoms in total. The molecule has 2 heterocycles. The molecule has 1 aromatic heterocycles. The highest BCUT2D eigenvalue weighted by Gasteiger charge is 2.21. The molecular formula is C12H21N5O2. The molecule has 19 heavy (non-hydrogen) atoms. The van der Waals surface area contributed by atoms with Crippen LogP contribution in [0.3, 0.4) is 0 Å². The van der Waals surface area contributed by atoms with Gasteiger partial charge in [-0.15, -0.1) is 0 Å². The van der Waals surface area contributed by atoms with Gasteiger partial charge in [0.25, 0.3) is 0 Å². The number of rotatable bonds is 4. The summed E-state index contributed by atoms with van der Waals surface area (Å²) in [6.07, 6.45) is 1.67. The van der Waals surface area contributed by atoms with Crippen molar-refractivity contribution in [2.75, 3.05) is 45.1 Å². The summed E-state index contributed by atoms with van der Waals surface area (Å²) in [4.78, 5) is 15.6. The van der Waals surface area contributed by atoms with E-state index in [1.165, 1.54) is 0 Å². The van der Waals surface area contributed by atoms with Crippen LogP contribution in [0, 0.1) is 0 Å². The summed E-state index contributed by atoms with van der Waals surface area (Å²) in [5, 5.41) is 4.15. The highest BCUT2D eigenvalue weighted by Crippen LogP contribution is 2.04. The topological polar surface area (TPSA) is 76.6 Å². The molecule has 1 aromatic rings. The Kier molecular flexibility index (Phi) is 4.62. The zero-order chi connectivity index (χ0) is 13.7. The zero-order valence-corrected chi connectivity index (χ0v) is 11.3. The van der Waals surface area contributed by atoms with Gasteiger partial charge in [-0.25, -0.2) is 4.79 Å². The van der Waals surface area contributed by atoms with Gasteiger partial charge in [0.1, 0.15) is 5.82 Å². The monoisotopic (exact) mass is 267 g/mol. The summed E-state index contributed by atoms with van der Waals surface area (Å²) in [6.45, 7) is 7.17. The van der Waals surface area contributed by atoms with E-state index in [1.807, 2.05) is 17.8 Å². The maximum Gasteiger partial charge on any atom is 0.409 e. The van der Waals surface area contributed by atoms with Crippen molar-refractivity contribution in [2.45, 2.75) is 13.5 Å². The Labute approximate surface area is 112 Å². The number of piperazine rings is 1. The van der Waals surface area contributed by atoms with Crippen LogP contribution in [0.2, 0.25) is 0 Å². The summed E-state index contributed by atoms with van der Waals surface area (Å²) in [5.74, 6) is 0.548. The fourth-order valence-electron chi connectivity index (χ4n) is 2.11. The molecule has 0 saturated carbocycles. The van der Waals surface area contributed by atoms with Crippen LogP contribution in [0.5, 0.6) is 0 Å². The number of aromatic nitrogens is 2. The summed E-state index contributed by atoms with van der Waals surface area (Å²) < 4.78 is 6.83. The quantitative estimate of drug-likeness (QED) is 0.845. The van der Waals surface area contributed by atoms with Crippen molar-refractivity contribution in [2.24, 2.45) is 0 Å². The lowest BCUT2D eigenvalue weighted by Gasteiger charge is -2.33. The van der Waals surface area contributed by atoms with Crippen LogP contribution in [0.25, 0.3) is 0 Å². The third-order valence-corrected chi connectivity index (χ3v) is 3.20. The van der Waals surface area contributed by atoms with Crippen LogP contribution in [0.15, 0.2) is 12.3 Å². The van der Waals surface area contributed by atoms with Crippen molar-refractivity contribution in [3.05, 3.63) is 12.3 Å². The van der Waals surface area contributed by atoms with Crippen molar-refractivity contribution < 1.29 is 9.53 Å². The molecule has 1 saturated heterocycles. The van der Waals surface area contributed by atoms with Gasteiger partial charge >= 0.3 is 6.09 Å². The van der Waals surface area contributed by atoms with E-state index >= 15 is 0 Å². The Morgan fingerprint density at radius 3 is 2.68 bits per heavy atom. The lowest BCUT2D eigenvalue weighted by molar-refractivity contribution is 0.0785. The lowest BCUT2D eigenvalue weighted by atomic mass is 10.3. The van der Waals surface area contributed by atoms with Crippen LogP contribution in [-0.2, 0) is 11.3 Å². The average Bonchev–Trinajstić information content (AvgIpc) is 2.83. The number of hydrogen-bond donors (Lipinski definition) is 1. The van der Waals surface area contributed by atoms with Crippen molar-refractivity contribution in [1.29, 1.82) is 0 Å². The largest absolute Gasteiger partial charge is 0.450 e. The van der Waals surface area contributed by atoms with E-state index in [1.54, 1.807) is 11.0 Å². The second kappa shape index (κ2) is 6.42. The van der Waals surface area contributed by atoms with E-state index in [0.29, 0.717) is 12.4 Å². The summed E-state index contributed by atoms with van der Waals surface area (Å²) in [6, 6.07) is 1.79. The average molecular weight is 267 g/mol. The number of hydrogen-bond acceptors (Lipinski definition) is 5. The predicted octanol–water partition coefficient (Wildman–Crippen LogP) is 0.239. The molecular weight excluding hydrogens is 246 g/mol. The van der Waals surface area contributed by atoms with Gasteiger partial charge in [-0.05, 0) is 13.0 Å². The molecule has 0 unspecified atom stereocenters. The number of amides is 1. The maximum atomic E-state index is 11.5. The Bertz CT molecular complexity index is 412. The van der Waals surface area contributed by atoms with Crippen molar-refractivity contribution in [1.82, 2.24) is 19.6 Å². The highest BCUT2D eigenvalue weighted by molar-refractivity contribution is 5.67. The fourth-order valence-corrected chi connectivity index (χ4v) is 2.11. The molecule has 0 bridgehead atoms. The van der Waals surface area contributed by atoms with Crippen molar-refractivity contribution in [3.8, 4) is 0 Å². The minimum atomic E-state index is -0.206. The lowest BCUT2D eigenvalue weighted by Crippen LogP contribution is -2.49. The third kappa shape index (κ3) is 3.85. The second-order valence-corrected chi connectivity index (χ2v) is 4.53. The van der Waals surface area contributed by atoms with Crippen LogP contribution < -0.4 is 5.73 Å². The van der Waals surface area contributed by atoms with E-state index in [9.17, 15) is 4.79 Å². The Morgan fingerprint density at radius 1 is 1.37 bits per heavy atom. The smallest absolute Gasteiger partial charge is 0.409 e. The standard InChI is InChI=1S/C12H21N5O2/c1-2-19-12(18)16-8-5-15(6-9-16)7-10-17-4-3-11(13)14-17/h3-4H,2,5-10H2,1H3,(H2,13,14). The van der Waals surface area contributed by atoms with Crippen molar-refractivity contribution >= 4 is 11.9 Å². The van der Waals surface area contributed by atoms with Crippen LogP contribution in [0.1, 0.15) is 6.92 Å². The predicted molar refractivity (Wildman–Crippen MR) is 71.7 cm³/mol. The summed E-state index contributed by atoms with van der Waals surface area (Å²) >= 11 is 0. The first-order chi connectivity index (χ1) is 9.19. The number of ether oxygens (including phenoxy) is 1. The maximum absolute atomic E-state index is 11.5. The molecule has 0 radical (unpaired) electrons. The van der Waals surface area contributed by atoms with E-state index < -0.39 is 0 Å². The van der Waals surface area contributed by atoms with E-state index in [4.69, 9.17) is 10.5 Å². The normalized spacial score (nSPS) is 16.6. The number of carbonyl (C=O) groups is 1. The Balaban J connectivity index is 1.70. The van der Waals surface area contributed by atoms with Crippen LogP contribution >= 0.6 is 0 Å². The van der Waals surface area contributed by atoms with Crippen LogP contribution in [0.4, 0.5) is 10.6 Å². The molecule has 0 aliphatic carbocycles. The molecule has 1 aliphatic heterocycles. The van der Waals surface area contributed by atoms with Gasteiger partial charge in [0.15, 0.2) is 0 Å². The summed E-state index contributed by atoms with van der Waals surface area (Å²) in [5.41, 5.74) is 5.56. The first-order valence-electron chi connectivity index (χ1n) is 6.62. The molecule has 2 rings (SSSR count). The number of nitrogens with zero attached hydrogens (tertiary/aromatic N) is 4. The highest BCUT2D eigenvalue weighted by atomic mass is 16.6. The Hall–Kier alpha value is -1.76. The minimum Gasteiger partial charge on any atom is -0.450 e. The number of anilines is 1. The molecule has 2 N–H and O–H groups in total. The van der Waals surface area contributed by atoms with Gasteiger partial charge in [-0.2, -0.15) is 5.10 Å². The molecule has 7 heteroatoms. The molecule has 0 atom stereocenters. The molecule has 0 aromatic carbocycles. The molecule has 1 aliphatic rings. The fraction of sp³-hybridized carbons (Fsp3) is 0.667. The first kappa shape index (κ1) is 13.7. The van der Waals surface area contributed by atoms with Gasteiger partial charge in [0, 0.05) is 38.9 Å².